The maximum atomic E-state index is 3.45. The Morgan fingerprint density at radius 1 is 1.07 bits per heavy atom. The van der Waals surface area contributed by atoms with Crippen LogP contribution in [-0.4, -0.2) is 62.5 Å². The first kappa shape index (κ1) is 17.3. The number of nitrogens with zero attached hydrogens (tertiary/aromatic N) is 2. The van der Waals surface area contributed by atoms with Gasteiger partial charge in [-0.15, -0.1) is 0 Å². The summed E-state index contributed by atoms with van der Waals surface area (Å²) in [4.78, 5) is 2.41. The zero-order valence-electron chi connectivity index (χ0n) is 9.89. The van der Waals surface area contributed by atoms with Gasteiger partial charge in [0, 0.05) is 18.3 Å². The van der Waals surface area contributed by atoms with Gasteiger partial charge in [-0.1, -0.05) is 15.9 Å². The first-order valence-corrected chi connectivity index (χ1v) is 6.13. The molecule has 0 heterocycles. The van der Waals surface area contributed by atoms with E-state index in [0.717, 1.165) is 9.81 Å². The Labute approximate surface area is 108 Å². The molecule has 0 fully saturated rings. The number of rotatable bonds is 7. The predicted octanol–water partition coefficient (Wildman–Crippen LogP) is -1.20. The molecule has 0 saturated heterocycles. The fourth-order valence-corrected chi connectivity index (χ4v) is 1.51. The fraction of sp³-hybridized carbons (Fsp3) is 1.00. The molecule has 0 aliphatic carbocycles. The van der Waals surface area contributed by atoms with Crippen LogP contribution in [-0.2, 0) is 0 Å². The molecule has 0 atom stereocenters. The lowest BCUT2D eigenvalue weighted by atomic mass is 10.3. The maximum Gasteiger partial charge on any atom is 0.0792 e. The van der Waals surface area contributed by atoms with Crippen LogP contribution in [0.1, 0.15) is 12.8 Å². The third-order valence-electron chi connectivity index (χ3n) is 2.04. The molecule has 4 heteroatoms. The van der Waals surface area contributed by atoms with Crippen LogP contribution in [0.2, 0.25) is 0 Å². The Morgan fingerprint density at radius 3 is 2.00 bits per heavy atom. The molecule has 0 N–H and O–H groups in total. The van der Waals surface area contributed by atoms with Gasteiger partial charge in [0.15, 0.2) is 0 Å². The van der Waals surface area contributed by atoms with Crippen LogP contribution in [0.5, 0.6) is 0 Å². The third-order valence-corrected chi connectivity index (χ3v) is 2.60. The summed E-state index contributed by atoms with van der Waals surface area (Å²) >= 11 is 3.45. The second-order valence-electron chi connectivity index (χ2n) is 4.71. The lowest BCUT2D eigenvalue weighted by molar-refractivity contribution is -0.870. The lowest BCUT2D eigenvalue weighted by Crippen LogP contribution is -3.00. The van der Waals surface area contributed by atoms with Crippen molar-refractivity contribution in [1.82, 2.24) is 4.90 Å². The normalized spacial score (nSPS) is 11.6. The molecule has 0 aromatic rings. The summed E-state index contributed by atoms with van der Waals surface area (Å²) in [6.07, 6.45) is 2.54. The molecule has 0 aromatic carbocycles. The molecule has 2 nitrogen and oxygen atoms in total. The molecule has 14 heavy (non-hydrogen) atoms. The summed E-state index contributed by atoms with van der Waals surface area (Å²) in [5.74, 6) is 0. The molecule has 0 rings (SSSR count). The van der Waals surface area contributed by atoms with Crippen molar-refractivity contribution in [2.75, 3.05) is 53.2 Å². The van der Waals surface area contributed by atoms with Crippen molar-refractivity contribution in [3.63, 3.8) is 0 Å². The van der Waals surface area contributed by atoms with Crippen LogP contribution in [0.15, 0.2) is 0 Å². The van der Waals surface area contributed by atoms with E-state index < -0.39 is 0 Å². The highest BCUT2D eigenvalue weighted by Crippen LogP contribution is 1.97. The first-order valence-electron chi connectivity index (χ1n) is 5.00. The van der Waals surface area contributed by atoms with Gasteiger partial charge in [0.2, 0.25) is 0 Å². The SMILES string of the molecule is CN(CCCBr)CCC[N+](C)(C)C.[Br-]. The Balaban J connectivity index is 0. The third kappa shape index (κ3) is 12.9. The van der Waals surface area contributed by atoms with Gasteiger partial charge in [0.1, 0.15) is 0 Å². The van der Waals surface area contributed by atoms with Crippen molar-refractivity contribution in [3.05, 3.63) is 0 Å². The molecular formula is C10H24Br2N2. The van der Waals surface area contributed by atoms with E-state index in [1.165, 1.54) is 32.5 Å². The van der Waals surface area contributed by atoms with Gasteiger partial charge in [-0.2, -0.15) is 0 Å². The number of hydrogen-bond acceptors (Lipinski definition) is 1. The van der Waals surface area contributed by atoms with Crippen LogP contribution in [0.3, 0.4) is 0 Å². The monoisotopic (exact) mass is 330 g/mol. The minimum atomic E-state index is 0. The zero-order valence-corrected chi connectivity index (χ0v) is 13.1. The molecule has 0 aliphatic rings. The molecule has 0 unspecified atom stereocenters. The molecule has 0 bridgehead atoms. The topological polar surface area (TPSA) is 3.24 Å². The standard InChI is InChI=1S/C10H24BrN2.BrH/c1-12(8-5-7-11)9-6-10-13(2,3)4;/h5-10H2,1-4H3;1H/q+1;/p-1. The Morgan fingerprint density at radius 2 is 1.57 bits per heavy atom. The van der Waals surface area contributed by atoms with E-state index in [0.29, 0.717) is 0 Å². The van der Waals surface area contributed by atoms with Gasteiger partial charge < -0.3 is 26.4 Å². The van der Waals surface area contributed by atoms with Crippen LogP contribution < -0.4 is 17.0 Å². The Bertz CT molecular complexity index is 124. The summed E-state index contributed by atoms with van der Waals surface area (Å²) in [6.45, 7) is 3.70. The fourth-order valence-electron chi connectivity index (χ4n) is 1.26. The number of quaternary nitrogens is 1. The zero-order chi connectivity index (χ0) is 10.3. The summed E-state index contributed by atoms with van der Waals surface area (Å²) in [5, 5.41) is 1.12. The quantitative estimate of drug-likeness (QED) is 0.418. The molecular weight excluding hydrogens is 308 g/mol. The Hall–Kier alpha value is 0.880. The minimum absolute atomic E-state index is 0. The second kappa shape index (κ2) is 9.13. The van der Waals surface area contributed by atoms with Crippen molar-refractivity contribution in [2.24, 2.45) is 0 Å². The first-order chi connectivity index (χ1) is 5.95. The van der Waals surface area contributed by atoms with Crippen LogP contribution in [0.4, 0.5) is 0 Å². The smallest absolute Gasteiger partial charge is 0.0792 e. The van der Waals surface area contributed by atoms with Crippen molar-refractivity contribution >= 4 is 15.9 Å². The molecule has 0 aromatic heterocycles. The predicted molar refractivity (Wildman–Crippen MR) is 63.4 cm³/mol. The van der Waals surface area contributed by atoms with E-state index in [2.05, 4.69) is 49.0 Å². The summed E-state index contributed by atoms with van der Waals surface area (Å²) < 4.78 is 1.08. The minimum Gasteiger partial charge on any atom is -1.00 e. The van der Waals surface area contributed by atoms with E-state index in [9.17, 15) is 0 Å². The molecule has 0 amide bonds. The number of alkyl halides is 1. The largest absolute Gasteiger partial charge is 1.00 e. The van der Waals surface area contributed by atoms with Crippen LogP contribution in [0, 0.1) is 0 Å². The summed E-state index contributed by atoms with van der Waals surface area (Å²) in [7, 11) is 8.95. The number of halogens is 2. The molecule has 0 saturated carbocycles. The van der Waals surface area contributed by atoms with Gasteiger partial charge in [-0.25, -0.2) is 0 Å². The van der Waals surface area contributed by atoms with E-state index in [1.54, 1.807) is 0 Å². The number of hydrogen-bond donors (Lipinski definition) is 0. The van der Waals surface area contributed by atoms with Crippen molar-refractivity contribution in [3.8, 4) is 0 Å². The van der Waals surface area contributed by atoms with E-state index >= 15 is 0 Å². The average molecular weight is 332 g/mol. The molecule has 88 valence electrons. The average Bonchev–Trinajstić information content (AvgIpc) is 1.98. The highest BCUT2D eigenvalue weighted by Gasteiger charge is 2.06. The maximum absolute atomic E-state index is 3.45. The highest BCUT2D eigenvalue weighted by atomic mass is 79.9. The lowest BCUT2D eigenvalue weighted by Gasteiger charge is -2.25. The van der Waals surface area contributed by atoms with E-state index in [-0.39, 0.29) is 17.0 Å². The van der Waals surface area contributed by atoms with Gasteiger partial charge in [0.05, 0.1) is 27.7 Å². The molecule has 0 spiro atoms. The summed E-state index contributed by atoms with van der Waals surface area (Å²) in [5.41, 5.74) is 0. The second-order valence-corrected chi connectivity index (χ2v) is 5.51. The van der Waals surface area contributed by atoms with Gasteiger partial charge in [-0.3, -0.25) is 0 Å². The van der Waals surface area contributed by atoms with Crippen LogP contribution in [0.25, 0.3) is 0 Å². The van der Waals surface area contributed by atoms with Crippen molar-refractivity contribution < 1.29 is 21.5 Å². The van der Waals surface area contributed by atoms with E-state index in [1.807, 2.05) is 0 Å². The van der Waals surface area contributed by atoms with E-state index in [4.69, 9.17) is 0 Å². The highest BCUT2D eigenvalue weighted by molar-refractivity contribution is 9.09. The van der Waals surface area contributed by atoms with Gasteiger partial charge in [-0.05, 0) is 20.0 Å². The van der Waals surface area contributed by atoms with Gasteiger partial charge in [0.25, 0.3) is 0 Å². The van der Waals surface area contributed by atoms with Crippen molar-refractivity contribution in [1.29, 1.82) is 0 Å². The van der Waals surface area contributed by atoms with Crippen LogP contribution >= 0.6 is 15.9 Å². The summed E-state index contributed by atoms with van der Waals surface area (Å²) in [6, 6.07) is 0. The van der Waals surface area contributed by atoms with Gasteiger partial charge >= 0.3 is 0 Å². The molecule has 0 aliphatic heterocycles. The molecule has 0 radical (unpaired) electrons. The Kier molecular flexibility index (Phi) is 11.3. The van der Waals surface area contributed by atoms with Crippen molar-refractivity contribution in [2.45, 2.75) is 12.8 Å².